The first-order chi connectivity index (χ1) is 7.15. The van der Waals surface area contributed by atoms with Crippen molar-refractivity contribution in [2.45, 2.75) is 26.0 Å². The Hall–Kier alpha value is -0.980. The van der Waals surface area contributed by atoms with Crippen LogP contribution in [0.1, 0.15) is 30.1 Å². The number of carbonyl (C=O) groups is 1. The number of rotatable bonds is 6. The molecule has 0 fully saturated rings. The van der Waals surface area contributed by atoms with Gasteiger partial charge in [0.1, 0.15) is 11.0 Å². The van der Waals surface area contributed by atoms with Crippen LogP contribution in [0.5, 0.6) is 0 Å². The summed E-state index contributed by atoms with van der Waals surface area (Å²) >= 11 is 1.37. The van der Waals surface area contributed by atoms with E-state index in [1.54, 1.807) is 5.38 Å². The third-order valence-electron chi connectivity index (χ3n) is 1.73. The SMILES string of the molecule is CCCOCc1nc(C(N)C(=O)O)cs1. The highest BCUT2D eigenvalue weighted by molar-refractivity contribution is 7.09. The molecule has 0 saturated heterocycles. The molecule has 1 atom stereocenters. The van der Waals surface area contributed by atoms with Crippen LogP contribution in [0.25, 0.3) is 0 Å². The highest BCUT2D eigenvalue weighted by Crippen LogP contribution is 2.16. The maximum atomic E-state index is 10.6. The number of thiazole rings is 1. The smallest absolute Gasteiger partial charge is 0.326 e. The molecule has 0 aliphatic heterocycles. The molecule has 0 aliphatic rings. The van der Waals surface area contributed by atoms with Crippen LogP contribution in [0.2, 0.25) is 0 Å². The first kappa shape index (κ1) is 12.1. The van der Waals surface area contributed by atoms with E-state index in [1.165, 1.54) is 11.3 Å². The molecule has 5 nitrogen and oxygen atoms in total. The van der Waals surface area contributed by atoms with Crippen molar-refractivity contribution in [2.75, 3.05) is 6.61 Å². The quantitative estimate of drug-likeness (QED) is 0.716. The van der Waals surface area contributed by atoms with Crippen LogP contribution in [0.3, 0.4) is 0 Å². The molecule has 0 aromatic carbocycles. The number of nitrogens with zero attached hydrogens (tertiary/aromatic N) is 1. The van der Waals surface area contributed by atoms with Gasteiger partial charge in [-0.15, -0.1) is 11.3 Å². The minimum atomic E-state index is -1.07. The van der Waals surface area contributed by atoms with Gasteiger partial charge in [0, 0.05) is 12.0 Å². The van der Waals surface area contributed by atoms with Gasteiger partial charge in [-0.1, -0.05) is 6.92 Å². The summed E-state index contributed by atoms with van der Waals surface area (Å²) in [6.45, 7) is 3.12. The zero-order valence-corrected chi connectivity index (χ0v) is 9.29. The Morgan fingerprint density at radius 1 is 1.80 bits per heavy atom. The molecule has 3 N–H and O–H groups in total. The lowest BCUT2D eigenvalue weighted by molar-refractivity contribution is -0.138. The molecule has 15 heavy (non-hydrogen) atoms. The second-order valence-corrected chi connectivity index (χ2v) is 3.98. The molecule has 1 aromatic heterocycles. The molecule has 0 spiro atoms. The van der Waals surface area contributed by atoms with Crippen molar-refractivity contribution in [3.63, 3.8) is 0 Å². The van der Waals surface area contributed by atoms with Gasteiger partial charge in [-0.25, -0.2) is 4.98 Å². The van der Waals surface area contributed by atoms with Gasteiger partial charge in [0.2, 0.25) is 0 Å². The molecule has 1 unspecified atom stereocenters. The predicted octanol–water partition coefficient (Wildman–Crippen LogP) is 1.15. The van der Waals surface area contributed by atoms with Gasteiger partial charge in [-0.2, -0.15) is 0 Å². The molecular weight excluding hydrogens is 216 g/mol. The van der Waals surface area contributed by atoms with Crippen LogP contribution < -0.4 is 5.73 Å². The molecule has 0 saturated carbocycles. The normalized spacial score (nSPS) is 12.7. The van der Waals surface area contributed by atoms with Crippen LogP contribution in [-0.4, -0.2) is 22.7 Å². The van der Waals surface area contributed by atoms with Crippen molar-refractivity contribution >= 4 is 17.3 Å². The van der Waals surface area contributed by atoms with Crippen LogP contribution in [0.4, 0.5) is 0 Å². The number of ether oxygens (including phenoxy) is 1. The highest BCUT2D eigenvalue weighted by atomic mass is 32.1. The standard InChI is InChI=1S/C9H14N2O3S/c1-2-3-14-4-7-11-6(5-15-7)8(10)9(12)13/h5,8H,2-4,10H2,1H3,(H,12,13). The second kappa shape index (κ2) is 5.79. The molecular formula is C9H14N2O3S. The fraction of sp³-hybridized carbons (Fsp3) is 0.556. The lowest BCUT2D eigenvalue weighted by atomic mass is 10.2. The zero-order chi connectivity index (χ0) is 11.3. The monoisotopic (exact) mass is 230 g/mol. The van der Waals surface area contributed by atoms with Crippen LogP contribution in [0, 0.1) is 0 Å². The summed E-state index contributed by atoms with van der Waals surface area (Å²) in [5.41, 5.74) is 5.80. The average Bonchev–Trinajstić information content (AvgIpc) is 2.65. The largest absolute Gasteiger partial charge is 0.480 e. The van der Waals surface area contributed by atoms with Gasteiger partial charge < -0.3 is 15.6 Å². The fourth-order valence-electron chi connectivity index (χ4n) is 0.965. The Bertz CT molecular complexity index is 327. The topological polar surface area (TPSA) is 85.4 Å². The molecule has 0 bridgehead atoms. The number of carboxylic acid groups (broad SMARTS) is 1. The first-order valence-electron chi connectivity index (χ1n) is 4.65. The van der Waals surface area contributed by atoms with Gasteiger partial charge in [0.25, 0.3) is 0 Å². The summed E-state index contributed by atoms with van der Waals surface area (Å²) in [6.07, 6.45) is 0.951. The minimum Gasteiger partial charge on any atom is -0.480 e. The first-order valence-corrected chi connectivity index (χ1v) is 5.53. The third kappa shape index (κ3) is 3.58. The number of aliphatic carboxylic acids is 1. The van der Waals surface area contributed by atoms with E-state index in [1.807, 2.05) is 6.92 Å². The van der Waals surface area contributed by atoms with Crippen molar-refractivity contribution in [3.8, 4) is 0 Å². The summed E-state index contributed by atoms with van der Waals surface area (Å²) in [4.78, 5) is 14.7. The minimum absolute atomic E-state index is 0.391. The molecule has 1 rings (SSSR count). The summed E-state index contributed by atoms with van der Waals surface area (Å²) in [7, 11) is 0. The van der Waals surface area contributed by atoms with Crippen molar-refractivity contribution in [3.05, 3.63) is 16.1 Å². The Morgan fingerprint density at radius 2 is 2.53 bits per heavy atom. The predicted molar refractivity (Wildman–Crippen MR) is 56.6 cm³/mol. The van der Waals surface area contributed by atoms with E-state index in [4.69, 9.17) is 15.6 Å². The molecule has 0 radical (unpaired) electrons. The van der Waals surface area contributed by atoms with Gasteiger partial charge >= 0.3 is 5.97 Å². The van der Waals surface area contributed by atoms with Crippen molar-refractivity contribution in [1.82, 2.24) is 4.98 Å². The molecule has 6 heteroatoms. The summed E-state index contributed by atoms with van der Waals surface area (Å²) < 4.78 is 5.28. The van der Waals surface area contributed by atoms with Gasteiger partial charge in [0.05, 0.1) is 12.3 Å². The number of aromatic nitrogens is 1. The zero-order valence-electron chi connectivity index (χ0n) is 8.47. The van der Waals surface area contributed by atoms with Gasteiger partial charge in [-0.3, -0.25) is 4.79 Å². The Morgan fingerprint density at radius 3 is 3.13 bits per heavy atom. The van der Waals surface area contributed by atoms with E-state index >= 15 is 0 Å². The molecule has 84 valence electrons. The van der Waals surface area contributed by atoms with Gasteiger partial charge in [0.15, 0.2) is 0 Å². The van der Waals surface area contributed by atoms with E-state index in [9.17, 15) is 4.79 Å². The third-order valence-corrected chi connectivity index (χ3v) is 2.57. The number of hydrogen-bond donors (Lipinski definition) is 2. The van der Waals surface area contributed by atoms with Crippen molar-refractivity contribution in [1.29, 1.82) is 0 Å². The van der Waals surface area contributed by atoms with E-state index in [0.29, 0.717) is 18.9 Å². The van der Waals surface area contributed by atoms with Crippen LogP contribution in [-0.2, 0) is 16.1 Å². The lowest BCUT2D eigenvalue weighted by Gasteiger charge is -2.01. The number of hydrogen-bond acceptors (Lipinski definition) is 5. The molecule has 1 heterocycles. The van der Waals surface area contributed by atoms with E-state index in [-0.39, 0.29) is 0 Å². The maximum Gasteiger partial charge on any atom is 0.326 e. The van der Waals surface area contributed by atoms with E-state index < -0.39 is 12.0 Å². The molecule has 0 aliphatic carbocycles. The number of carboxylic acids is 1. The highest BCUT2D eigenvalue weighted by Gasteiger charge is 2.17. The van der Waals surface area contributed by atoms with E-state index in [2.05, 4.69) is 4.98 Å². The molecule has 1 aromatic rings. The maximum absolute atomic E-state index is 10.6. The van der Waals surface area contributed by atoms with Crippen molar-refractivity contribution in [2.24, 2.45) is 5.73 Å². The van der Waals surface area contributed by atoms with Crippen LogP contribution >= 0.6 is 11.3 Å². The lowest BCUT2D eigenvalue weighted by Crippen LogP contribution is -2.20. The number of nitrogens with two attached hydrogens (primary N) is 1. The van der Waals surface area contributed by atoms with Gasteiger partial charge in [-0.05, 0) is 6.42 Å². The Labute approximate surface area is 91.9 Å². The summed E-state index contributed by atoms with van der Waals surface area (Å²) in [5.74, 6) is -1.07. The summed E-state index contributed by atoms with van der Waals surface area (Å²) in [5, 5.41) is 11.1. The molecule has 0 amide bonds. The Balaban J connectivity index is 2.52. The summed E-state index contributed by atoms with van der Waals surface area (Å²) in [6, 6.07) is -1.04. The fourth-order valence-corrected chi connectivity index (χ4v) is 1.73. The second-order valence-electron chi connectivity index (χ2n) is 3.03. The van der Waals surface area contributed by atoms with E-state index in [0.717, 1.165) is 11.4 Å². The van der Waals surface area contributed by atoms with Crippen LogP contribution in [0.15, 0.2) is 5.38 Å². The average molecular weight is 230 g/mol. The van der Waals surface area contributed by atoms with Crippen molar-refractivity contribution < 1.29 is 14.6 Å². The Kier molecular flexibility index (Phi) is 4.67.